The van der Waals surface area contributed by atoms with Crippen molar-refractivity contribution in [3.05, 3.63) is 83.3 Å². The Bertz CT molecular complexity index is 1380. The maximum Gasteiger partial charge on any atom is 0.338 e. The molecule has 0 N–H and O–H groups in total. The molecule has 0 saturated carbocycles. The van der Waals surface area contributed by atoms with Gasteiger partial charge in [-0.1, -0.05) is 41.1 Å². The van der Waals surface area contributed by atoms with Crippen molar-refractivity contribution in [1.82, 2.24) is 14.3 Å². The fraction of sp³-hybridized carbons (Fsp3) is 0.238. The van der Waals surface area contributed by atoms with Gasteiger partial charge in [-0.15, -0.1) is 0 Å². The molecule has 9 heteroatoms. The summed E-state index contributed by atoms with van der Waals surface area (Å²) >= 11 is 7.53. The number of esters is 1. The number of hydrogen-bond donors (Lipinski definition) is 0. The van der Waals surface area contributed by atoms with Gasteiger partial charge in [-0.2, -0.15) is 5.10 Å². The highest BCUT2D eigenvalue weighted by atomic mass is 35.5. The lowest BCUT2D eigenvalue weighted by atomic mass is 9.96. The summed E-state index contributed by atoms with van der Waals surface area (Å²) in [5.41, 5.74) is 2.92. The van der Waals surface area contributed by atoms with Crippen LogP contribution in [-0.2, 0) is 16.6 Å². The maximum atomic E-state index is 13.4. The molecular formula is C21H19ClN4O3S. The van der Waals surface area contributed by atoms with Crippen molar-refractivity contribution >= 4 is 35.0 Å². The summed E-state index contributed by atoms with van der Waals surface area (Å²) in [5.74, 6) is -0.523. The number of carbonyl (C=O) groups is 1. The number of thiazole rings is 1. The Labute approximate surface area is 181 Å². The standard InChI is InChI=1S/C21H19ClN4O3S/c1-11-17(20(28)29-4)18(14-10-23-25(3)12(14)2)26-19(27)16(30-21(26)24-11)9-13-7-5-6-8-15(13)22/h5-10,18H,1-4H3/b16-9+/t18-/m0/s1. The smallest absolute Gasteiger partial charge is 0.338 e. The first-order valence-corrected chi connectivity index (χ1v) is 10.4. The second-order valence-corrected chi connectivity index (χ2v) is 8.32. The molecule has 30 heavy (non-hydrogen) atoms. The largest absolute Gasteiger partial charge is 0.466 e. The van der Waals surface area contributed by atoms with E-state index < -0.39 is 12.0 Å². The number of methoxy groups -OCH3 is 1. The van der Waals surface area contributed by atoms with Crippen molar-refractivity contribution in [3.8, 4) is 0 Å². The highest BCUT2D eigenvalue weighted by Crippen LogP contribution is 2.32. The highest BCUT2D eigenvalue weighted by molar-refractivity contribution is 7.07. The van der Waals surface area contributed by atoms with Crippen LogP contribution in [0, 0.1) is 6.92 Å². The summed E-state index contributed by atoms with van der Waals surface area (Å²) in [4.78, 5) is 31.1. The van der Waals surface area contributed by atoms with Crippen LogP contribution in [0.3, 0.4) is 0 Å². The Kier molecular flexibility index (Phi) is 5.21. The second-order valence-electron chi connectivity index (χ2n) is 6.90. The van der Waals surface area contributed by atoms with Crippen LogP contribution in [0.4, 0.5) is 0 Å². The van der Waals surface area contributed by atoms with Crippen LogP contribution in [0.25, 0.3) is 6.08 Å². The number of aryl methyl sites for hydroxylation is 1. The first kappa shape index (κ1) is 20.3. The van der Waals surface area contributed by atoms with Gasteiger partial charge in [-0.05, 0) is 31.6 Å². The molecule has 154 valence electrons. The van der Waals surface area contributed by atoms with Crippen molar-refractivity contribution in [3.63, 3.8) is 0 Å². The van der Waals surface area contributed by atoms with Gasteiger partial charge in [0.15, 0.2) is 4.80 Å². The molecule has 0 fully saturated rings. The average Bonchev–Trinajstić information content (AvgIpc) is 3.21. The number of hydrogen-bond acceptors (Lipinski definition) is 6. The Balaban J connectivity index is 2.02. The summed E-state index contributed by atoms with van der Waals surface area (Å²) < 4.78 is 8.74. The van der Waals surface area contributed by atoms with E-state index in [1.807, 2.05) is 32.2 Å². The number of benzene rings is 1. The molecule has 1 aromatic carbocycles. The number of fused-ring (bicyclic) bond motifs is 1. The maximum absolute atomic E-state index is 13.4. The van der Waals surface area contributed by atoms with Gasteiger partial charge in [0.1, 0.15) is 6.04 Å². The number of aromatic nitrogens is 3. The third-order valence-electron chi connectivity index (χ3n) is 5.19. The van der Waals surface area contributed by atoms with E-state index in [2.05, 4.69) is 10.1 Å². The third-order valence-corrected chi connectivity index (χ3v) is 6.51. The molecule has 0 amide bonds. The molecular weight excluding hydrogens is 424 g/mol. The van der Waals surface area contributed by atoms with Crippen LogP contribution in [0.1, 0.15) is 29.8 Å². The molecule has 0 radical (unpaired) electrons. The molecule has 2 aromatic heterocycles. The van der Waals surface area contributed by atoms with E-state index in [4.69, 9.17) is 16.3 Å². The number of nitrogens with zero attached hydrogens (tertiary/aromatic N) is 4. The zero-order valence-corrected chi connectivity index (χ0v) is 18.4. The van der Waals surface area contributed by atoms with Gasteiger partial charge in [-0.25, -0.2) is 9.79 Å². The summed E-state index contributed by atoms with van der Waals surface area (Å²) in [6, 6.07) is 6.63. The van der Waals surface area contributed by atoms with Crippen LogP contribution < -0.4 is 14.9 Å². The fourth-order valence-corrected chi connectivity index (χ4v) is 4.73. The summed E-state index contributed by atoms with van der Waals surface area (Å²) in [5, 5.41) is 4.85. The predicted molar refractivity (Wildman–Crippen MR) is 115 cm³/mol. The van der Waals surface area contributed by atoms with E-state index in [9.17, 15) is 9.59 Å². The lowest BCUT2D eigenvalue weighted by Crippen LogP contribution is -2.40. The quantitative estimate of drug-likeness (QED) is 0.582. The minimum absolute atomic E-state index is 0.249. The van der Waals surface area contributed by atoms with Crippen LogP contribution in [0.2, 0.25) is 5.02 Å². The van der Waals surface area contributed by atoms with Gasteiger partial charge in [0.05, 0.1) is 29.1 Å². The summed E-state index contributed by atoms with van der Waals surface area (Å²) in [7, 11) is 3.13. The van der Waals surface area contributed by atoms with Gasteiger partial charge < -0.3 is 4.74 Å². The molecule has 3 aromatic rings. The lowest BCUT2D eigenvalue weighted by Gasteiger charge is -2.23. The summed E-state index contributed by atoms with van der Waals surface area (Å²) in [6.45, 7) is 3.64. The van der Waals surface area contributed by atoms with Gasteiger partial charge in [0.2, 0.25) is 0 Å². The van der Waals surface area contributed by atoms with E-state index in [0.717, 1.165) is 16.8 Å². The lowest BCUT2D eigenvalue weighted by molar-refractivity contribution is -0.136. The van der Waals surface area contributed by atoms with E-state index in [1.54, 1.807) is 29.9 Å². The van der Waals surface area contributed by atoms with Crippen molar-refractivity contribution < 1.29 is 9.53 Å². The molecule has 0 spiro atoms. The van der Waals surface area contributed by atoms with Crippen LogP contribution in [0.15, 0.2) is 51.5 Å². The number of rotatable bonds is 3. The highest BCUT2D eigenvalue weighted by Gasteiger charge is 2.34. The molecule has 1 aliphatic heterocycles. The molecule has 0 aliphatic carbocycles. The van der Waals surface area contributed by atoms with Gasteiger partial charge >= 0.3 is 5.97 Å². The SMILES string of the molecule is COC(=O)C1=C(C)N=c2s/c(=C/c3ccccc3Cl)c(=O)n2[C@H]1c1cnn(C)c1C. The molecule has 0 saturated heterocycles. The topological polar surface area (TPSA) is 78.5 Å². The number of halogens is 1. The summed E-state index contributed by atoms with van der Waals surface area (Å²) in [6.07, 6.45) is 3.42. The van der Waals surface area contributed by atoms with Crippen molar-refractivity contribution in [1.29, 1.82) is 0 Å². The van der Waals surface area contributed by atoms with Crippen LogP contribution in [-0.4, -0.2) is 27.4 Å². The first-order valence-electron chi connectivity index (χ1n) is 9.17. The van der Waals surface area contributed by atoms with E-state index in [0.29, 0.717) is 25.6 Å². The van der Waals surface area contributed by atoms with E-state index >= 15 is 0 Å². The zero-order chi connectivity index (χ0) is 21.6. The number of allylic oxidation sites excluding steroid dienone is 1. The monoisotopic (exact) mass is 442 g/mol. The predicted octanol–water partition coefficient (Wildman–Crippen LogP) is 2.10. The van der Waals surface area contributed by atoms with E-state index in [-0.39, 0.29) is 5.56 Å². The Hall–Kier alpha value is -2.97. The Morgan fingerprint density at radius 1 is 1.30 bits per heavy atom. The Morgan fingerprint density at radius 3 is 2.67 bits per heavy atom. The fourth-order valence-electron chi connectivity index (χ4n) is 3.50. The van der Waals surface area contributed by atoms with Crippen molar-refractivity contribution in [2.75, 3.05) is 7.11 Å². The van der Waals surface area contributed by atoms with Gasteiger partial charge in [0, 0.05) is 23.3 Å². The molecule has 4 rings (SSSR count). The first-order chi connectivity index (χ1) is 14.3. The minimum Gasteiger partial charge on any atom is -0.466 e. The molecule has 1 aliphatic rings. The van der Waals surface area contributed by atoms with Gasteiger partial charge in [-0.3, -0.25) is 14.0 Å². The van der Waals surface area contributed by atoms with Crippen molar-refractivity contribution in [2.45, 2.75) is 19.9 Å². The number of carbonyl (C=O) groups excluding carboxylic acids is 1. The molecule has 0 bridgehead atoms. The van der Waals surface area contributed by atoms with Crippen LogP contribution in [0.5, 0.6) is 0 Å². The molecule has 1 atom stereocenters. The molecule has 7 nitrogen and oxygen atoms in total. The molecule has 0 unspecified atom stereocenters. The van der Waals surface area contributed by atoms with Crippen LogP contribution >= 0.6 is 22.9 Å². The molecule has 3 heterocycles. The van der Waals surface area contributed by atoms with Crippen molar-refractivity contribution in [2.24, 2.45) is 12.0 Å². The second kappa shape index (κ2) is 7.70. The minimum atomic E-state index is -0.671. The third kappa shape index (κ3) is 3.22. The Morgan fingerprint density at radius 2 is 2.03 bits per heavy atom. The zero-order valence-electron chi connectivity index (χ0n) is 16.8. The average molecular weight is 443 g/mol. The number of ether oxygens (including phenoxy) is 1. The van der Waals surface area contributed by atoms with E-state index in [1.165, 1.54) is 23.0 Å². The normalized spacial score (nSPS) is 16.4. The van der Waals surface area contributed by atoms with Gasteiger partial charge in [0.25, 0.3) is 5.56 Å².